The summed E-state index contributed by atoms with van der Waals surface area (Å²) < 4.78 is 6.14. The first-order chi connectivity index (χ1) is 10.3. The molecule has 1 aromatic carbocycles. The van der Waals surface area contributed by atoms with Gasteiger partial charge < -0.3 is 9.73 Å². The summed E-state index contributed by atoms with van der Waals surface area (Å²) >= 11 is 0. The Kier molecular flexibility index (Phi) is 4.61. The molecular formula is C18H26N2O. The number of hydrogen-bond donors (Lipinski definition) is 1. The van der Waals surface area contributed by atoms with E-state index in [4.69, 9.17) is 4.42 Å². The second kappa shape index (κ2) is 6.63. The minimum atomic E-state index is 0.727. The number of nitrogens with zero attached hydrogens (tertiary/aromatic N) is 1. The van der Waals surface area contributed by atoms with E-state index in [9.17, 15) is 0 Å². The molecule has 114 valence electrons. The highest BCUT2D eigenvalue weighted by molar-refractivity contribution is 5.82. The molecule has 3 nitrogen and oxygen atoms in total. The van der Waals surface area contributed by atoms with Gasteiger partial charge >= 0.3 is 0 Å². The topological polar surface area (TPSA) is 28.4 Å². The minimum Gasteiger partial charge on any atom is -0.459 e. The van der Waals surface area contributed by atoms with Gasteiger partial charge in [-0.15, -0.1) is 0 Å². The van der Waals surface area contributed by atoms with Crippen molar-refractivity contribution in [2.24, 2.45) is 0 Å². The van der Waals surface area contributed by atoms with Crippen LogP contribution in [0.1, 0.15) is 43.9 Å². The van der Waals surface area contributed by atoms with Gasteiger partial charge in [0.2, 0.25) is 0 Å². The molecule has 3 rings (SSSR count). The maximum absolute atomic E-state index is 6.14. The van der Waals surface area contributed by atoms with Gasteiger partial charge in [-0.25, -0.2) is 0 Å². The molecule has 0 aliphatic heterocycles. The molecule has 3 heteroatoms. The smallest absolute Gasteiger partial charge is 0.134 e. The van der Waals surface area contributed by atoms with Crippen LogP contribution in [0, 0.1) is 0 Å². The highest BCUT2D eigenvalue weighted by Crippen LogP contribution is 2.29. The molecule has 21 heavy (non-hydrogen) atoms. The summed E-state index contributed by atoms with van der Waals surface area (Å²) in [5.74, 6) is 1.13. The summed E-state index contributed by atoms with van der Waals surface area (Å²) in [6, 6.07) is 9.12. The van der Waals surface area contributed by atoms with Crippen LogP contribution in [0.15, 0.2) is 28.7 Å². The van der Waals surface area contributed by atoms with Gasteiger partial charge in [0.25, 0.3) is 0 Å². The normalized spacial score (nSPS) is 16.3. The predicted octanol–water partition coefficient (Wildman–Crippen LogP) is 3.92. The molecule has 0 unspecified atom stereocenters. The lowest BCUT2D eigenvalue weighted by molar-refractivity contribution is 0.220. The molecule has 1 heterocycles. The van der Waals surface area contributed by atoms with Crippen molar-refractivity contribution in [2.45, 2.75) is 51.7 Å². The molecular weight excluding hydrogens is 260 g/mol. The van der Waals surface area contributed by atoms with Gasteiger partial charge in [0.1, 0.15) is 11.3 Å². The first-order valence-corrected chi connectivity index (χ1v) is 8.20. The summed E-state index contributed by atoms with van der Waals surface area (Å²) in [5.41, 5.74) is 2.34. The minimum absolute atomic E-state index is 0.727. The summed E-state index contributed by atoms with van der Waals surface area (Å²) in [7, 11) is 2.24. The standard InChI is InChI=1S/C18H26N2O/c1-3-19-12-16-15-10-6-7-11-17(15)21-18(16)13-20(2)14-8-4-5-9-14/h6-7,10-11,14,19H,3-5,8-9,12-13H2,1-2H3. The zero-order valence-corrected chi connectivity index (χ0v) is 13.2. The van der Waals surface area contributed by atoms with E-state index in [0.29, 0.717) is 0 Å². The zero-order chi connectivity index (χ0) is 14.7. The van der Waals surface area contributed by atoms with Crippen LogP contribution in [-0.4, -0.2) is 24.5 Å². The van der Waals surface area contributed by atoms with E-state index < -0.39 is 0 Å². The Morgan fingerprint density at radius 2 is 2.00 bits per heavy atom. The molecule has 1 aromatic heterocycles. The lowest BCUT2D eigenvalue weighted by Crippen LogP contribution is -2.29. The molecule has 0 radical (unpaired) electrons. The lowest BCUT2D eigenvalue weighted by atomic mass is 10.1. The lowest BCUT2D eigenvalue weighted by Gasteiger charge is -2.23. The van der Waals surface area contributed by atoms with E-state index in [2.05, 4.69) is 42.4 Å². The van der Waals surface area contributed by atoms with Gasteiger partial charge in [0.15, 0.2) is 0 Å². The van der Waals surface area contributed by atoms with Crippen molar-refractivity contribution in [3.8, 4) is 0 Å². The first-order valence-electron chi connectivity index (χ1n) is 8.20. The predicted molar refractivity (Wildman–Crippen MR) is 87.3 cm³/mol. The number of benzene rings is 1. The van der Waals surface area contributed by atoms with Crippen molar-refractivity contribution in [2.75, 3.05) is 13.6 Å². The maximum atomic E-state index is 6.14. The third kappa shape index (κ3) is 3.14. The second-order valence-electron chi connectivity index (χ2n) is 6.13. The Bertz CT molecular complexity index is 584. The molecule has 1 fully saturated rings. The molecule has 1 N–H and O–H groups in total. The third-order valence-corrected chi connectivity index (χ3v) is 4.67. The van der Waals surface area contributed by atoms with Crippen LogP contribution in [0.3, 0.4) is 0 Å². The number of fused-ring (bicyclic) bond motifs is 1. The van der Waals surface area contributed by atoms with E-state index in [1.807, 2.05) is 6.07 Å². The van der Waals surface area contributed by atoms with E-state index in [-0.39, 0.29) is 0 Å². The maximum Gasteiger partial charge on any atom is 0.134 e. The van der Waals surface area contributed by atoms with Gasteiger partial charge in [-0.3, -0.25) is 4.90 Å². The summed E-state index contributed by atoms with van der Waals surface area (Å²) in [5, 5.41) is 4.71. The van der Waals surface area contributed by atoms with Crippen molar-refractivity contribution < 1.29 is 4.42 Å². The van der Waals surface area contributed by atoms with Gasteiger partial charge in [-0.2, -0.15) is 0 Å². The summed E-state index contributed by atoms with van der Waals surface area (Å²) in [4.78, 5) is 2.47. The van der Waals surface area contributed by atoms with Gasteiger partial charge in [0.05, 0.1) is 6.54 Å². The molecule has 1 aliphatic carbocycles. The average molecular weight is 286 g/mol. The van der Waals surface area contributed by atoms with E-state index in [1.54, 1.807) is 0 Å². The molecule has 0 spiro atoms. The zero-order valence-electron chi connectivity index (χ0n) is 13.2. The van der Waals surface area contributed by atoms with Crippen LogP contribution in [0.4, 0.5) is 0 Å². The Morgan fingerprint density at radius 3 is 2.76 bits per heavy atom. The van der Waals surface area contributed by atoms with Crippen molar-refractivity contribution in [3.05, 3.63) is 35.6 Å². The fourth-order valence-electron chi connectivity index (χ4n) is 3.42. The number of furan rings is 1. The fraction of sp³-hybridized carbons (Fsp3) is 0.556. The Labute approximate surface area is 127 Å². The Morgan fingerprint density at radius 1 is 1.24 bits per heavy atom. The second-order valence-corrected chi connectivity index (χ2v) is 6.13. The molecule has 2 aromatic rings. The average Bonchev–Trinajstić information content (AvgIpc) is 3.13. The summed E-state index contributed by atoms with van der Waals surface area (Å²) in [6.45, 7) is 4.94. The van der Waals surface area contributed by atoms with Crippen molar-refractivity contribution in [1.82, 2.24) is 10.2 Å². The number of rotatable bonds is 6. The van der Waals surface area contributed by atoms with Crippen LogP contribution < -0.4 is 5.32 Å². The van der Waals surface area contributed by atoms with Crippen LogP contribution in [0.5, 0.6) is 0 Å². The first kappa shape index (κ1) is 14.6. The Hall–Kier alpha value is -1.32. The highest BCUT2D eigenvalue weighted by Gasteiger charge is 2.22. The molecule has 0 bridgehead atoms. The van der Waals surface area contributed by atoms with E-state index in [1.165, 1.54) is 36.6 Å². The molecule has 0 saturated heterocycles. The molecule has 0 amide bonds. The van der Waals surface area contributed by atoms with Crippen molar-refractivity contribution in [1.29, 1.82) is 0 Å². The van der Waals surface area contributed by atoms with Crippen molar-refractivity contribution in [3.63, 3.8) is 0 Å². The number of hydrogen-bond acceptors (Lipinski definition) is 3. The highest BCUT2D eigenvalue weighted by atomic mass is 16.3. The molecule has 1 saturated carbocycles. The van der Waals surface area contributed by atoms with E-state index in [0.717, 1.165) is 37.0 Å². The largest absolute Gasteiger partial charge is 0.459 e. The number of nitrogens with one attached hydrogen (secondary N) is 1. The van der Waals surface area contributed by atoms with Crippen LogP contribution in [-0.2, 0) is 13.1 Å². The van der Waals surface area contributed by atoms with Gasteiger partial charge in [0, 0.05) is 23.5 Å². The monoisotopic (exact) mass is 286 g/mol. The van der Waals surface area contributed by atoms with Crippen LogP contribution in [0.2, 0.25) is 0 Å². The number of para-hydroxylation sites is 1. The molecule has 1 aliphatic rings. The van der Waals surface area contributed by atoms with Gasteiger partial charge in [-0.05, 0) is 32.5 Å². The van der Waals surface area contributed by atoms with Crippen molar-refractivity contribution >= 4 is 11.0 Å². The molecule has 0 atom stereocenters. The van der Waals surface area contributed by atoms with E-state index >= 15 is 0 Å². The third-order valence-electron chi connectivity index (χ3n) is 4.67. The fourth-order valence-corrected chi connectivity index (χ4v) is 3.42. The quantitative estimate of drug-likeness (QED) is 0.872. The van der Waals surface area contributed by atoms with Crippen LogP contribution >= 0.6 is 0 Å². The summed E-state index contributed by atoms with van der Waals surface area (Å²) in [6.07, 6.45) is 5.41. The Balaban J connectivity index is 1.85. The van der Waals surface area contributed by atoms with Crippen LogP contribution in [0.25, 0.3) is 11.0 Å². The SMILES string of the molecule is CCNCc1c(CN(C)C2CCCC2)oc2ccccc12. The van der Waals surface area contributed by atoms with Gasteiger partial charge in [-0.1, -0.05) is 38.0 Å².